The summed E-state index contributed by atoms with van der Waals surface area (Å²) in [6.07, 6.45) is 0. The molecule has 0 fully saturated rings. The summed E-state index contributed by atoms with van der Waals surface area (Å²) in [5, 5.41) is 8.97. The maximum atomic E-state index is 13.5. The highest BCUT2D eigenvalue weighted by atomic mass is 19.1. The molecule has 0 saturated heterocycles. The summed E-state index contributed by atoms with van der Waals surface area (Å²) in [5.74, 6) is 0.232. The number of hydrogen-bond donors (Lipinski definition) is 2. The van der Waals surface area contributed by atoms with E-state index in [1.54, 1.807) is 12.1 Å². The number of H-pyrrole nitrogens is 1. The zero-order chi connectivity index (χ0) is 12.4. The second-order valence-corrected chi connectivity index (χ2v) is 3.66. The Kier molecular flexibility index (Phi) is 3.10. The molecule has 2 N–H and O–H groups in total. The first-order valence-electron chi connectivity index (χ1n) is 5.16. The fourth-order valence-electron chi connectivity index (χ4n) is 1.69. The Bertz CT molecular complexity index is 537. The fourth-order valence-corrected chi connectivity index (χ4v) is 1.69. The molecule has 1 aromatic carbocycles. The summed E-state index contributed by atoms with van der Waals surface area (Å²) < 4.78 is 18.4. The number of nitrogens with zero attached hydrogens (tertiary/aromatic N) is 1. The lowest BCUT2D eigenvalue weighted by Crippen LogP contribution is -1.89. The Morgan fingerprint density at radius 1 is 1.47 bits per heavy atom. The number of methoxy groups -OCH3 is 1. The highest BCUT2D eigenvalue weighted by molar-refractivity contribution is 5.63. The summed E-state index contributed by atoms with van der Waals surface area (Å²) in [4.78, 5) is 7.11. The van der Waals surface area contributed by atoms with Crippen molar-refractivity contribution < 1.29 is 14.2 Å². The minimum atomic E-state index is -0.432. The molecule has 5 heteroatoms. The van der Waals surface area contributed by atoms with Gasteiger partial charge >= 0.3 is 0 Å². The average Bonchev–Trinajstić information content (AvgIpc) is 2.70. The number of benzene rings is 1. The Hall–Kier alpha value is -1.88. The van der Waals surface area contributed by atoms with E-state index in [2.05, 4.69) is 9.97 Å². The fraction of sp³-hybridized carbons (Fsp3) is 0.250. The van der Waals surface area contributed by atoms with Gasteiger partial charge in [0.15, 0.2) is 11.6 Å². The minimum Gasteiger partial charge on any atom is -0.494 e. The molecule has 17 heavy (non-hydrogen) atoms. The number of imidazole rings is 1. The van der Waals surface area contributed by atoms with Crippen LogP contribution in [-0.2, 0) is 6.61 Å². The Morgan fingerprint density at radius 2 is 2.24 bits per heavy atom. The summed E-state index contributed by atoms with van der Waals surface area (Å²) >= 11 is 0. The number of ether oxygens (including phenoxy) is 1. The Morgan fingerprint density at radius 3 is 2.76 bits per heavy atom. The van der Waals surface area contributed by atoms with Gasteiger partial charge in [-0.15, -0.1) is 0 Å². The molecule has 0 aliphatic heterocycles. The van der Waals surface area contributed by atoms with Crippen LogP contribution < -0.4 is 4.74 Å². The maximum absolute atomic E-state index is 13.5. The van der Waals surface area contributed by atoms with Crippen LogP contribution in [0.4, 0.5) is 4.39 Å². The first kappa shape index (κ1) is 11.6. The van der Waals surface area contributed by atoms with E-state index in [1.165, 1.54) is 13.2 Å². The number of rotatable bonds is 3. The maximum Gasteiger partial charge on any atom is 0.165 e. The normalized spacial score (nSPS) is 10.6. The number of halogens is 1. The zero-order valence-electron chi connectivity index (χ0n) is 9.62. The number of nitrogens with one attached hydrogen (secondary N) is 1. The molecule has 0 atom stereocenters. The van der Waals surface area contributed by atoms with Crippen LogP contribution in [0, 0.1) is 12.7 Å². The number of aromatic nitrogens is 2. The molecule has 0 saturated carbocycles. The third-order valence-corrected chi connectivity index (χ3v) is 2.51. The van der Waals surface area contributed by atoms with Crippen LogP contribution >= 0.6 is 0 Å². The van der Waals surface area contributed by atoms with Gasteiger partial charge in [-0.2, -0.15) is 0 Å². The molecule has 0 spiro atoms. The van der Waals surface area contributed by atoms with Gasteiger partial charge in [-0.25, -0.2) is 9.37 Å². The van der Waals surface area contributed by atoms with Gasteiger partial charge in [0.2, 0.25) is 0 Å². The van der Waals surface area contributed by atoms with Gasteiger partial charge in [0.1, 0.15) is 12.4 Å². The van der Waals surface area contributed by atoms with E-state index in [1.807, 2.05) is 6.92 Å². The van der Waals surface area contributed by atoms with E-state index in [0.717, 1.165) is 5.69 Å². The number of aryl methyl sites for hydroxylation is 1. The standard InChI is InChI=1S/C12H13FN2O2/c1-7-12(15-11(6-16)14-7)8-3-4-10(17-2)9(13)5-8/h3-5,16H,6H2,1-2H3,(H,14,15). The van der Waals surface area contributed by atoms with Crippen molar-refractivity contribution in [2.45, 2.75) is 13.5 Å². The molecule has 0 bridgehead atoms. The molecule has 2 aromatic rings. The number of aromatic amines is 1. The Labute approximate surface area is 98.1 Å². The first-order valence-corrected chi connectivity index (χ1v) is 5.16. The summed E-state index contributed by atoms with van der Waals surface area (Å²) in [6, 6.07) is 4.65. The minimum absolute atomic E-state index is 0.167. The monoisotopic (exact) mass is 236 g/mol. The van der Waals surface area contributed by atoms with Crippen molar-refractivity contribution in [3.05, 3.63) is 35.5 Å². The molecule has 0 radical (unpaired) electrons. The smallest absolute Gasteiger partial charge is 0.165 e. The average molecular weight is 236 g/mol. The topological polar surface area (TPSA) is 58.1 Å². The van der Waals surface area contributed by atoms with E-state index in [0.29, 0.717) is 17.1 Å². The SMILES string of the molecule is COc1ccc(-c2nc(CO)[nH]c2C)cc1F. The van der Waals surface area contributed by atoms with Gasteiger partial charge in [-0.1, -0.05) is 0 Å². The highest BCUT2D eigenvalue weighted by Gasteiger charge is 2.11. The zero-order valence-corrected chi connectivity index (χ0v) is 9.62. The van der Waals surface area contributed by atoms with Gasteiger partial charge in [-0.05, 0) is 25.1 Å². The molecule has 90 valence electrons. The summed E-state index contributed by atoms with van der Waals surface area (Å²) in [5.41, 5.74) is 2.07. The molecule has 0 aliphatic carbocycles. The lowest BCUT2D eigenvalue weighted by molar-refractivity contribution is 0.272. The van der Waals surface area contributed by atoms with Crippen LogP contribution in [0.25, 0.3) is 11.3 Å². The van der Waals surface area contributed by atoms with Gasteiger partial charge < -0.3 is 14.8 Å². The number of aliphatic hydroxyl groups excluding tert-OH is 1. The van der Waals surface area contributed by atoms with Gasteiger partial charge in [0, 0.05) is 11.3 Å². The second-order valence-electron chi connectivity index (χ2n) is 3.66. The van der Waals surface area contributed by atoms with Crippen molar-refractivity contribution in [2.24, 2.45) is 0 Å². The predicted octanol–water partition coefficient (Wildman–Crippen LogP) is 2.03. The molecular weight excluding hydrogens is 223 g/mol. The molecule has 0 amide bonds. The van der Waals surface area contributed by atoms with Crippen molar-refractivity contribution in [3.8, 4) is 17.0 Å². The van der Waals surface area contributed by atoms with E-state index >= 15 is 0 Å². The van der Waals surface area contributed by atoms with E-state index in [4.69, 9.17) is 9.84 Å². The van der Waals surface area contributed by atoms with Crippen LogP contribution in [0.15, 0.2) is 18.2 Å². The third-order valence-electron chi connectivity index (χ3n) is 2.51. The quantitative estimate of drug-likeness (QED) is 0.857. The molecule has 0 aliphatic rings. The van der Waals surface area contributed by atoms with E-state index < -0.39 is 5.82 Å². The first-order chi connectivity index (χ1) is 8.15. The second kappa shape index (κ2) is 4.55. The van der Waals surface area contributed by atoms with Crippen LogP contribution in [-0.4, -0.2) is 22.2 Å². The molecule has 0 unspecified atom stereocenters. The molecule has 1 aromatic heterocycles. The van der Waals surface area contributed by atoms with Crippen molar-refractivity contribution in [1.29, 1.82) is 0 Å². The van der Waals surface area contributed by atoms with E-state index in [-0.39, 0.29) is 12.4 Å². The van der Waals surface area contributed by atoms with Crippen molar-refractivity contribution in [1.82, 2.24) is 9.97 Å². The van der Waals surface area contributed by atoms with Gasteiger partial charge in [0.05, 0.1) is 12.8 Å². The predicted molar refractivity (Wildman–Crippen MR) is 61.2 cm³/mol. The van der Waals surface area contributed by atoms with Crippen molar-refractivity contribution >= 4 is 0 Å². The third kappa shape index (κ3) is 2.14. The summed E-state index contributed by atoms with van der Waals surface area (Å²) in [7, 11) is 1.42. The van der Waals surface area contributed by atoms with Gasteiger partial charge in [0.25, 0.3) is 0 Å². The van der Waals surface area contributed by atoms with Crippen molar-refractivity contribution in [3.63, 3.8) is 0 Å². The number of aliphatic hydroxyl groups is 1. The lowest BCUT2D eigenvalue weighted by atomic mass is 10.1. The van der Waals surface area contributed by atoms with Gasteiger partial charge in [-0.3, -0.25) is 0 Å². The van der Waals surface area contributed by atoms with Crippen LogP contribution in [0.5, 0.6) is 5.75 Å². The molecule has 2 rings (SSSR count). The summed E-state index contributed by atoms with van der Waals surface area (Å²) in [6.45, 7) is 1.66. The van der Waals surface area contributed by atoms with Crippen molar-refractivity contribution in [2.75, 3.05) is 7.11 Å². The Balaban J connectivity index is 2.45. The number of hydrogen-bond acceptors (Lipinski definition) is 3. The highest BCUT2D eigenvalue weighted by Crippen LogP contribution is 2.26. The van der Waals surface area contributed by atoms with E-state index in [9.17, 15) is 4.39 Å². The van der Waals surface area contributed by atoms with Crippen LogP contribution in [0.1, 0.15) is 11.5 Å². The largest absolute Gasteiger partial charge is 0.494 e. The van der Waals surface area contributed by atoms with Crippen LogP contribution in [0.2, 0.25) is 0 Å². The van der Waals surface area contributed by atoms with Crippen LogP contribution in [0.3, 0.4) is 0 Å². The molecule has 1 heterocycles. The molecular formula is C12H13FN2O2. The lowest BCUT2D eigenvalue weighted by Gasteiger charge is -2.03. The molecule has 4 nitrogen and oxygen atoms in total.